The average molecular weight is 450 g/mol. The number of anilines is 3. The zero-order chi connectivity index (χ0) is 23.4. The topological polar surface area (TPSA) is 120 Å². The first-order chi connectivity index (χ1) is 15.8. The Balaban J connectivity index is 1.34. The van der Waals surface area contributed by atoms with Gasteiger partial charge in [0.05, 0.1) is 0 Å². The second-order valence-electron chi connectivity index (χ2n) is 8.66. The van der Waals surface area contributed by atoms with Crippen LogP contribution >= 0.6 is 0 Å². The van der Waals surface area contributed by atoms with E-state index >= 15 is 0 Å². The van der Waals surface area contributed by atoms with E-state index in [0.29, 0.717) is 35.8 Å². The van der Waals surface area contributed by atoms with Crippen LogP contribution < -0.4 is 21.3 Å². The normalized spacial score (nSPS) is 22.1. The van der Waals surface area contributed by atoms with Gasteiger partial charge in [-0.2, -0.15) is 0 Å². The predicted molar refractivity (Wildman–Crippen MR) is 125 cm³/mol. The first-order valence-corrected chi connectivity index (χ1v) is 11.0. The number of nitrogens with one attached hydrogen (secondary N) is 4. The Bertz CT molecular complexity index is 1060. The fourth-order valence-electron chi connectivity index (χ4n) is 4.25. The number of urea groups is 2. The third kappa shape index (κ3) is 5.14. The summed E-state index contributed by atoms with van der Waals surface area (Å²) in [7, 11) is 0. The highest BCUT2D eigenvalue weighted by molar-refractivity contribution is 6.10. The van der Waals surface area contributed by atoms with E-state index in [2.05, 4.69) is 28.2 Å². The molecule has 1 saturated carbocycles. The number of nitrogens with zero attached hydrogens (tertiary/aromatic N) is 1. The quantitative estimate of drug-likeness (QED) is 0.520. The van der Waals surface area contributed by atoms with E-state index in [9.17, 15) is 19.2 Å². The van der Waals surface area contributed by atoms with Crippen LogP contribution in [0.4, 0.5) is 26.7 Å². The summed E-state index contributed by atoms with van der Waals surface area (Å²) in [6.45, 7) is 1.77. The molecule has 2 aromatic rings. The number of hydrogen-bond donors (Lipinski definition) is 4. The summed E-state index contributed by atoms with van der Waals surface area (Å²) >= 11 is 0. The lowest BCUT2D eigenvalue weighted by atomic mass is 9.77. The number of rotatable bonds is 5. The summed E-state index contributed by atoms with van der Waals surface area (Å²) in [5.74, 6) is -0.304. The van der Waals surface area contributed by atoms with E-state index in [4.69, 9.17) is 0 Å². The van der Waals surface area contributed by atoms with Crippen molar-refractivity contribution >= 4 is 40.9 Å². The molecule has 1 aliphatic carbocycles. The van der Waals surface area contributed by atoms with Crippen molar-refractivity contribution in [1.29, 1.82) is 0 Å². The SMILES string of the molecule is CC1CCC2(CC1)NC(=O)N(CC(=O)Nc1cccc(NC(=O)Nc3ccccc3)c1)C2=O. The van der Waals surface area contributed by atoms with E-state index in [0.717, 1.165) is 17.7 Å². The minimum Gasteiger partial charge on any atom is -0.324 e. The minimum atomic E-state index is -0.875. The second kappa shape index (κ2) is 9.32. The van der Waals surface area contributed by atoms with Crippen LogP contribution in [-0.2, 0) is 9.59 Å². The molecule has 0 aromatic heterocycles. The van der Waals surface area contributed by atoms with Crippen molar-refractivity contribution < 1.29 is 19.2 Å². The van der Waals surface area contributed by atoms with Gasteiger partial charge in [-0.25, -0.2) is 9.59 Å². The molecule has 0 radical (unpaired) electrons. The van der Waals surface area contributed by atoms with E-state index in [-0.39, 0.29) is 12.5 Å². The van der Waals surface area contributed by atoms with Crippen molar-refractivity contribution in [2.45, 2.75) is 38.1 Å². The Morgan fingerprint density at radius 1 is 0.939 bits per heavy atom. The Kier molecular flexibility index (Phi) is 6.30. The molecule has 172 valence electrons. The van der Waals surface area contributed by atoms with Crippen LogP contribution in [0, 0.1) is 5.92 Å². The molecule has 4 rings (SSSR count). The van der Waals surface area contributed by atoms with Gasteiger partial charge in [-0.15, -0.1) is 0 Å². The van der Waals surface area contributed by atoms with Crippen LogP contribution in [-0.4, -0.2) is 40.9 Å². The highest BCUT2D eigenvalue weighted by atomic mass is 16.2. The molecule has 33 heavy (non-hydrogen) atoms. The van der Waals surface area contributed by atoms with Crippen molar-refractivity contribution in [1.82, 2.24) is 10.2 Å². The standard InChI is InChI=1S/C24H27N5O4/c1-16-10-12-24(13-11-16)21(31)29(23(33)28-24)15-20(30)25-18-8-5-9-19(14-18)27-22(32)26-17-6-3-2-4-7-17/h2-9,14,16H,10-13,15H2,1H3,(H,25,30)(H,28,33)(H2,26,27,32). The Morgan fingerprint density at radius 3 is 2.24 bits per heavy atom. The molecule has 0 bridgehead atoms. The van der Waals surface area contributed by atoms with Crippen LogP contribution in [0.5, 0.6) is 0 Å². The van der Waals surface area contributed by atoms with Gasteiger partial charge in [0.1, 0.15) is 12.1 Å². The Labute approximate surface area is 191 Å². The predicted octanol–water partition coefficient (Wildman–Crippen LogP) is 3.77. The average Bonchev–Trinajstić information content (AvgIpc) is 3.01. The molecular formula is C24H27N5O4. The summed E-state index contributed by atoms with van der Waals surface area (Å²) in [6.07, 6.45) is 2.92. The minimum absolute atomic E-state index is 0.331. The van der Waals surface area contributed by atoms with E-state index in [1.54, 1.807) is 36.4 Å². The van der Waals surface area contributed by atoms with Gasteiger partial charge in [0.2, 0.25) is 5.91 Å². The molecule has 0 unspecified atom stereocenters. The van der Waals surface area contributed by atoms with Crippen LogP contribution in [0.2, 0.25) is 0 Å². The van der Waals surface area contributed by atoms with Gasteiger partial charge in [-0.05, 0) is 61.9 Å². The number of para-hydroxylation sites is 1. The van der Waals surface area contributed by atoms with Gasteiger partial charge in [0.25, 0.3) is 5.91 Å². The lowest BCUT2D eigenvalue weighted by Crippen LogP contribution is -2.49. The highest BCUT2D eigenvalue weighted by Crippen LogP contribution is 2.36. The molecule has 1 spiro atoms. The lowest BCUT2D eigenvalue weighted by molar-refractivity contribution is -0.135. The van der Waals surface area contributed by atoms with Gasteiger partial charge >= 0.3 is 12.1 Å². The smallest absolute Gasteiger partial charge is 0.324 e. The monoisotopic (exact) mass is 449 g/mol. The van der Waals surface area contributed by atoms with Crippen molar-refractivity contribution in [2.24, 2.45) is 5.92 Å². The van der Waals surface area contributed by atoms with Gasteiger partial charge in [0.15, 0.2) is 0 Å². The second-order valence-corrected chi connectivity index (χ2v) is 8.66. The molecule has 6 amide bonds. The molecule has 4 N–H and O–H groups in total. The van der Waals surface area contributed by atoms with E-state index in [1.807, 2.05) is 18.2 Å². The van der Waals surface area contributed by atoms with Gasteiger partial charge < -0.3 is 21.3 Å². The molecule has 1 heterocycles. The first-order valence-electron chi connectivity index (χ1n) is 11.0. The summed E-state index contributed by atoms with van der Waals surface area (Å²) in [6, 6.07) is 14.7. The van der Waals surface area contributed by atoms with Crippen LogP contribution in [0.15, 0.2) is 54.6 Å². The van der Waals surface area contributed by atoms with Gasteiger partial charge in [-0.1, -0.05) is 31.2 Å². The number of benzene rings is 2. The van der Waals surface area contributed by atoms with Crippen LogP contribution in [0.25, 0.3) is 0 Å². The number of carbonyl (C=O) groups excluding carboxylic acids is 4. The molecular weight excluding hydrogens is 422 g/mol. The third-order valence-corrected chi connectivity index (χ3v) is 6.11. The molecule has 9 heteroatoms. The Hall–Kier alpha value is -3.88. The first kappa shape index (κ1) is 22.3. The summed E-state index contributed by atoms with van der Waals surface area (Å²) in [5.41, 5.74) is 0.690. The fraction of sp³-hybridized carbons (Fsp3) is 0.333. The molecule has 2 aromatic carbocycles. The van der Waals surface area contributed by atoms with Gasteiger partial charge in [-0.3, -0.25) is 14.5 Å². The van der Waals surface area contributed by atoms with Crippen LogP contribution in [0.1, 0.15) is 32.6 Å². The number of carbonyl (C=O) groups is 4. The molecule has 1 saturated heterocycles. The molecule has 2 aliphatic rings. The maximum Gasteiger partial charge on any atom is 0.325 e. The zero-order valence-corrected chi connectivity index (χ0v) is 18.4. The van der Waals surface area contributed by atoms with Crippen LogP contribution in [0.3, 0.4) is 0 Å². The van der Waals surface area contributed by atoms with Gasteiger partial charge in [0, 0.05) is 17.1 Å². The van der Waals surface area contributed by atoms with Crippen molar-refractivity contribution in [3.05, 3.63) is 54.6 Å². The number of imide groups is 1. The maximum absolute atomic E-state index is 12.9. The summed E-state index contributed by atoms with van der Waals surface area (Å²) in [5, 5.41) is 10.9. The number of hydrogen-bond acceptors (Lipinski definition) is 4. The zero-order valence-electron chi connectivity index (χ0n) is 18.4. The van der Waals surface area contributed by atoms with Crippen molar-refractivity contribution in [3.8, 4) is 0 Å². The van der Waals surface area contributed by atoms with E-state index < -0.39 is 23.5 Å². The third-order valence-electron chi connectivity index (χ3n) is 6.11. The molecule has 1 aliphatic heterocycles. The molecule has 2 fully saturated rings. The largest absolute Gasteiger partial charge is 0.325 e. The summed E-state index contributed by atoms with van der Waals surface area (Å²) < 4.78 is 0. The molecule has 0 atom stereocenters. The van der Waals surface area contributed by atoms with Crippen molar-refractivity contribution in [3.63, 3.8) is 0 Å². The highest BCUT2D eigenvalue weighted by Gasteiger charge is 2.52. The summed E-state index contributed by atoms with van der Waals surface area (Å²) in [4.78, 5) is 51.1. The molecule has 9 nitrogen and oxygen atoms in total. The lowest BCUT2D eigenvalue weighted by Gasteiger charge is -2.33. The fourth-order valence-corrected chi connectivity index (χ4v) is 4.25. The van der Waals surface area contributed by atoms with Crippen molar-refractivity contribution in [2.75, 3.05) is 22.5 Å². The Morgan fingerprint density at radius 2 is 1.55 bits per heavy atom. The van der Waals surface area contributed by atoms with E-state index in [1.165, 1.54) is 0 Å². The maximum atomic E-state index is 12.9. The number of amides is 6.